The minimum atomic E-state index is -3.74. The number of Topliss-reactive ketones (excluding diaryl/α,β-unsaturated/α-hetero) is 1. The van der Waals surface area contributed by atoms with Gasteiger partial charge in [-0.2, -0.15) is 0 Å². The van der Waals surface area contributed by atoms with Crippen molar-refractivity contribution in [1.29, 1.82) is 0 Å². The largest absolute Gasteiger partial charge is 0.356 e. The van der Waals surface area contributed by atoms with Crippen molar-refractivity contribution in [3.05, 3.63) is 65.5 Å². The molecule has 2 aromatic carbocycles. The molecule has 0 fully saturated rings. The van der Waals surface area contributed by atoms with Gasteiger partial charge >= 0.3 is 0 Å². The molecule has 0 heterocycles. The summed E-state index contributed by atoms with van der Waals surface area (Å²) in [6, 6.07) is 11.6. The lowest BCUT2D eigenvalue weighted by atomic mass is 10.1. The lowest BCUT2D eigenvalue weighted by Gasteiger charge is -2.08. The fraction of sp³-hybridized carbons (Fsp3) is 0.263. The third-order valence-electron chi connectivity index (χ3n) is 3.86. The first-order valence-corrected chi connectivity index (χ1v) is 9.88. The first-order chi connectivity index (χ1) is 12.8. The van der Waals surface area contributed by atoms with E-state index in [2.05, 4.69) is 10.0 Å². The zero-order valence-corrected chi connectivity index (χ0v) is 15.7. The van der Waals surface area contributed by atoms with Crippen molar-refractivity contribution >= 4 is 21.7 Å². The Morgan fingerprint density at radius 2 is 1.59 bits per heavy atom. The second-order valence-corrected chi connectivity index (χ2v) is 7.72. The van der Waals surface area contributed by atoms with Crippen molar-refractivity contribution in [2.24, 2.45) is 0 Å². The van der Waals surface area contributed by atoms with Crippen LogP contribution in [-0.2, 0) is 21.2 Å². The number of halogens is 1. The quantitative estimate of drug-likeness (QED) is 0.639. The molecule has 0 aromatic heterocycles. The van der Waals surface area contributed by atoms with E-state index in [4.69, 9.17) is 0 Å². The van der Waals surface area contributed by atoms with Crippen molar-refractivity contribution in [3.8, 4) is 0 Å². The Hall–Kier alpha value is -2.58. The Bertz CT molecular complexity index is 894. The number of nitrogens with one attached hydrogen (secondary N) is 2. The summed E-state index contributed by atoms with van der Waals surface area (Å²) in [5.74, 6) is -0.748. The molecular weight excluding hydrogens is 371 g/mol. The van der Waals surface area contributed by atoms with Crippen LogP contribution in [0.2, 0.25) is 0 Å². The van der Waals surface area contributed by atoms with E-state index in [0.29, 0.717) is 18.5 Å². The molecule has 0 aliphatic carbocycles. The summed E-state index contributed by atoms with van der Waals surface area (Å²) >= 11 is 0. The van der Waals surface area contributed by atoms with Crippen LogP contribution in [0, 0.1) is 5.82 Å². The molecule has 144 valence electrons. The van der Waals surface area contributed by atoms with Gasteiger partial charge in [-0.15, -0.1) is 0 Å². The molecule has 8 heteroatoms. The number of ketones is 1. The second kappa shape index (κ2) is 9.38. The summed E-state index contributed by atoms with van der Waals surface area (Å²) in [6.45, 7) is 1.74. The van der Waals surface area contributed by atoms with Crippen LogP contribution in [0.15, 0.2) is 53.4 Å². The maximum atomic E-state index is 12.8. The number of sulfonamides is 1. The number of rotatable bonds is 9. The molecule has 1 amide bonds. The lowest BCUT2D eigenvalue weighted by molar-refractivity contribution is -0.120. The van der Waals surface area contributed by atoms with Gasteiger partial charge in [0.2, 0.25) is 15.9 Å². The monoisotopic (exact) mass is 392 g/mol. The SMILES string of the molecule is CC(=O)c1ccc(S(=O)(=O)NCCC(=O)NCCc2ccc(F)cc2)cc1. The topological polar surface area (TPSA) is 92.3 Å². The van der Waals surface area contributed by atoms with Crippen molar-refractivity contribution < 1.29 is 22.4 Å². The molecule has 27 heavy (non-hydrogen) atoms. The van der Waals surface area contributed by atoms with Gasteiger partial charge in [-0.3, -0.25) is 9.59 Å². The molecule has 0 bridgehead atoms. The van der Waals surface area contributed by atoms with E-state index < -0.39 is 10.0 Å². The first kappa shape index (κ1) is 20.7. The van der Waals surface area contributed by atoms with Gasteiger partial charge in [0.1, 0.15) is 5.82 Å². The smallest absolute Gasteiger partial charge is 0.240 e. The van der Waals surface area contributed by atoms with Gasteiger partial charge in [-0.1, -0.05) is 24.3 Å². The van der Waals surface area contributed by atoms with E-state index in [1.165, 1.54) is 43.3 Å². The van der Waals surface area contributed by atoms with E-state index >= 15 is 0 Å². The third-order valence-corrected chi connectivity index (χ3v) is 5.34. The highest BCUT2D eigenvalue weighted by molar-refractivity contribution is 7.89. The van der Waals surface area contributed by atoms with Gasteiger partial charge < -0.3 is 5.32 Å². The average Bonchev–Trinajstić information content (AvgIpc) is 2.63. The van der Waals surface area contributed by atoms with Crippen molar-refractivity contribution in [2.75, 3.05) is 13.1 Å². The van der Waals surface area contributed by atoms with Crippen LogP contribution >= 0.6 is 0 Å². The summed E-state index contributed by atoms with van der Waals surface area (Å²) in [7, 11) is -3.74. The van der Waals surface area contributed by atoms with E-state index in [1.807, 2.05) is 0 Å². The van der Waals surface area contributed by atoms with Crippen molar-refractivity contribution in [2.45, 2.75) is 24.7 Å². The summed E-state index contributed by atoms with van der Waals surface area (Å²) in [6.07, 6.45) is 0.550. The Kier molecular flexibility index (Phi) is 7.20. The molecule has 0 unspecified atom stereocenters. The molecule has 0 spiro atoms. The Morgan fingerprint density at radius 3 is 2.19 bits per heavy atom. The fourth-order valence-electron chi connectivity index (χ4n) is 2.34. The average molecular weight is 392 g/mol. The van der Waals surface area contributed by atoms with Crippen LogP contribution in [0.1, 0.15) is 29.3 Å². The summed E-state index contributed by atoms with van der Waals surface area (Å²) in [5, 5.41) is 2.69. The Morgan fingerprint density at radius 1 is 0.963 bits per heavy atom. The molecule has 0 saturated carbocycles. The normalized spacial score (nSPS) is 11.2. The van der Waals surface area contributed by atoms with Crippen molar-refractivity contribution in [3.63, 3.8) is 0 Å². The highest BCUT2D eigenvalue weighted by atomic mass is 32.2. The van der Waals surface area contributed by atoms with Crippen LogP contribution < -0.4 is 10.0 Å². The molecule has 2 N–H and O–H groups in total. The molecule has 0 atom stereocenters. The number of amides is 1. The predicted octanol–water partition coefficient (Wildman–Crippen LogP) is 2.06. The first-order valence-electron chi connectivity index (χ1n) is 8.40. The van der Waals surface area contributed by atoms with Crippen LogP contribution in [0.5, 0.6) is 0 Å². The number of carbonyl (C=O) groups excluding carboxylic acids is 2. The van der Waals surface area contributed by atoms with Gasteiger partial charge in [0.05, 0.1) is 4.90 Å². The zero-order chi connectivity index (χ0) is 19.9. The molecule has 0 radical (unpaired) electrons. The van der Waals surface area contributed by atoms with E-state index in [1.54, 1.807) is 12.1 Å². The summed E-state index contributed by atoms with van der Waals surface area (Å²) < 4.78 is 39.5. The van der Waals surface area contributed by atoms with Gasteiger partial charge in [-0.05, 0) is 43.2 Å². The van der Waals surface area contributed by atoms with Gasteiger partial charge in [0.25, 0.3) is 0 Å². The summed E-state index contributed by atoms with van der Waals surface area (Å²) in [4.78, 5) is 23.0. The molecule has 2 aromatic rings. The van der Waals surface area contributed by atoms with E-state index in [9.17, 15) is 22.4 Å². The lowest BCUT2D eigenvalue weighted by Crippen LogP contribution is -2.31. The summed E-state index contributed by atoms with van der Waals surface area (Å²) in [5.41, 5.74) is 1.32. The van der Waals surface area contributed by atoms with Crippen LogP contribution in [0.25, 0.3) is 0 Å². The highest BCUT2D eigenvalue weighted by Crippen LogP contribution is 2.11. The van der Waals surface area contributed by atoms with Crippen LogP contribution in [0.4, 0.5) is 4.39 Å². The van der Waals surface area contributed by atoms with Gasteiger partial charge in [-0.25, -0.2) is 17.5 Å². The van der Waals surface area contributed by atoms with Crippen molar-refractivity contribution in [1.82, 2.24) is 10.0 Å². The van der Waals surface area contributed by atoms with E-state index in [0.717, 1.165) is 5.56 Å². The fourth-order valence-corrected chi connectivity index (χ4v) is 3.37. The number of carbonyl (C=O) groups is 2. The van der Waals surface area contributed by atoms with E-state index in [-0.39, 0.29) is 35.4 Å². The molecule has 6 nitrogen and oxygen atoms in total. The number of benzene rings is 2. The third kappa shape index (κ3) is 6.58. The number of hydrogen-bond acceptors (Lipinski definition) is 4. The molecule has 2 rings (SSSR count). The minimum absolute atomic E-state index is 0.00578. The highest BCUT2D eigenvalue weighted by Gasteiger charge is 2.14. The second-order valence-electron chi connectivity index (χ2n) is 5.95. The molecule has 0 aliphatic heterocycles. The molecular formula is C19H21FN2O4S. The molecule has 0 aliphatic rings. The van der Waals surface area contributed by atoms with Gasteiger partial charge in [0, 0.05) is 25.1 Å². The maximum Gasteiger partial charge on any atom is 0.240 e. The van der Waals surface area contributed by atoms with Gasteiger partial charge in [0.15, 0.2) is 5.78 Å². The Balaban J connectivity index is 1.74. The Labute approximate surface area is 157 Å². The number of hydrogen-bond donors (Lipinski definition) is 2. The van der Waals surface area contributed by atoms with Crippen LogP contribution in [0.3, 0.4) is 0 Å². The van der Waals surface area contributed by atoms with Crippen LogP contribution in [-0.4, -0.2) is 33.2 Å². The predicted molar refractivity (Wildman–Crippen MR) is 99.4 cm³/mol. The maximum absolute atomic E-state index is 12.8. The minimum Gasteiger partial charge on any atom is -0.356 e. The molecule has 0 saturated heterocycles. The zero-order valence-electron chi connectivity index (χ0n) is 14.9. The standard InChI is InChI=1S/C19H21FN2O4S/c1-14(23)16-4-8-18(9-5-16)27(25,26)22-13-11-19(24)21-12-10-15-2-6-17(20)7-3-15/h2-9,22H,10-13H2,1H3,(H,21,24).